The van der Waals surface area contributed by atoms with Crippen molar-refractivity contribution in [3.05, 3.63) is 41.1 Å². The summed E-state index contributed by atoms with van der Waals surface area (Å²) in [6, 6.07) is 7.42. The maximum absolute atomic E-state index is 12.8. The van der Waals surface area contributed by atoms with Gasteiger partial charge in [-0.3, -0.25) is 4.79 Å². The van der Waals surface area contributed by atoms with E-state index in [0.717, 1.165) is 44.5 Å². The Morgan fingerprint density at radius 3 is 2.74 bits per heavy atom. The van der Waals surface area contributed by atoms with Crippen molar-refractivity contribution >= 4 is 66.9 Å². The van der Waals surface area contributed by atoms with E-state index in [9.17, 15) is 4.79 Å². The number of rotatable bonds is 8. The Morgan fingerprint density at radius 1 is 1.17 bits per heavy atom. The summed E-state index contributed by atoms with van der Waals surface area (Å²) in [6.07, 6.45) is 6.33. The molecule has 0 atom stereocenters. The van der Waals surface area contributed by atoms with Crippen molar-refractivity contribution in [3.8, 4) is 5.75 Å². The first kappa shape index (κ1) is 24.3. The minimum Gasteiger partial charge on any atom is -0.495 e. The highest BCUT2D eigenvalue weighted by molar-refractivity contribution is 8.00. The van der Waals surface area contributed by atoms with Crippen LogP contribution in [0.1, 0.15) is 37.1 Å². The third-order valence-electron chi connectivity index (χ3n) is 6.07. The van der Waals surface area contributed by atoms with Gasteiger partial charge in [0.05, 0.1) is 28.8 Å². The van der Waals surface area contributed by atoms with Crippen LogP contribution in [0.2, 0.25) is 0 Å². The van der Waals surface area contributed by atoms with Crippen LogP contribution in [0.15, 0.2) is 34.4 Å². The average molecular weight is 525 g/mol. The zero-order valence-electron chi connectivity index (χ0n) is 20.3. The number of methoxy groups -OCH3 is 1. The van der Waals surface area contributed by atoms with Gasteiger partial charge in [0.1, 0.15) is 15.6 Å². The molecule has 0 aliphatic heterocycles. The van der Waals surface area contributed by atoms with E-state index in [1.54, 1.807) is 18.4 Å². The number of anilines is 1. The summed E-state index contributed by atoms with van der Waals surface area (Å²) in [5.74, 6) is 1.35. The molecule has 0 spiro atoms. The Balaban J connectivity index is 1.51. The number of benzene rings is 1. The fraction of sp³-hybridized carbons (Fsp3) is 0.385. The minimum absolute atomic E-state index is 0.101. The molecule has 0 fully saturated rings. The lowest BCUT2D eigenvalue weighted by Gasteiger charge is -2.11. The van der Waals surface area contributed by atoms with Gasteiger partial charge >= 0.3 is 0 Å². The first-order chi connectivity index (χ1) is 17.0. The summed E-state index contributed by atoms with van der Waals surface area (Å²) in [6.45, 7) is 4.50. The number of hydrogen-bond donors (Lipinski definition) is 1. The van der Waals surface area contributed by atoms with Crippen LogP contribution >= 0.6 is 34.9 Å². The summed E-state index contributed by atoms with van der Waals surface area (Å²) < 4.78 is 6.37. The minimum atomic E-state index is -0.101. The fourth-order valence-electron chi connectivity index (χ4n) is 4.61. The molecule has 9 heteroatoms. The summed E-state index contributed by atoms with van der Waals surface area (Å²) in [5, 5.41) is 5.72. The first-order valence-corrected chi connectivity index (χ1v) is 14.8. The molecule has 182 valence electrons. The molecule has 1 N–H and O–H groups in total. The molecule has 6 nitrogen and oxygen atoms in total. The standard InChI is InChI=1S/C26H28N4O2S3/c1-14(2)12-18-15-8-7-9-16(15)21-22-23(35-24(21)28-18)25(30-26(29-22)33-4)34-13-20(31)27-17-10-5-6-11-19(17)32-3/h5-6,10-11,14H,7-9,12-13H2,1-4H3,(H,27,31). The van der Waals surface area contributed by atoms with Gasteiger partial charge in [0.15, 0.2) is 5.16 Å². The Kier molecular flexibility index (Phi) is 7.18. The third-order valence-corrected chi connectivity index (χ3v) is 8.80. The fourth-order valence-corrected chi connectivity index (χ4v) is 7.10. The van der Waals surface area contributed by atoms with E-state index >= 15 is 0 Å². The molecular weight excluding hydrogens is 497 g/mol. The molecule has 1 amide bonds. The smallest absolute Gasteiger partial charge is 0.234 e. The highest BCUT2D eigenvalue weighted by Crippen LogP contribution is 2.43. The highest BCUT2D eigenvalue weighted by Gasteiger charge is 2.25. The summed E-state index contributed by atoms with van der Waals surface area (Å²) >= 11 is 4.64. The van der Waals surface area contributed by atoms with Gasteiger partial charge in [-0.25, -0.2) is 15.0 Å². The molecule has 0 saturated carbocycles. The van der Waals surface area contributed by atoms with E-state index < -0.39 is 0 Å². The van der Waals surface area contributed by atoms with Crippen molar-refractivity contribution in [1.29, 1.82) is 0 Å². The van der Waals surface area contributed by atoms with Crippen LogP contribution in [-0.2, 0) is 24.1 Å². The molecule has 0 radical (unpaired) electrons. The van der Waals surface area contributed by atoms with Crippen molar-refractivity contribution in [2.24, 2.45) is 5.92 Å². The number of fused-ring (bicyclic) bond motifs is 5. The van der Waals surface area contributed by atoms with E-state index in [-0.39, 0.29) is 11.7 Å². The van der Waals surface area contributed by atoms with Gasteiger partial charge < -0.3 is 10.1 Å². The van der Waals surface area contributed by atoms with Crippen molar-refractivity contribution < 1.29 is 9.53 Å². The number of carbonyl (C=O) groups is 1. The summed E-state index contributed by atoms with van der Waals surface area (Å²) in [7, 11) is 1.60. The molecule has 35 heavy (non-hydrogen) atoms. The Labute approximate surface area is 217 Å². The van der Waals surface area contributed by atoms with Gasteiger partial charge in [0.2, 0.25) is 5.91 Å². The molecule has 1 aliphatic carbocycles. The van der Waals surface area contributed by atoms with Gasteiger partial charge in [-0.2, -0.15) is 0 Å². The van der Waals surface area contributed by atoms with Crippen LogP contribution in [0.5, 0.6) is 5.75 Å². The number of thiophene rings is 1. The first-order valence-electron chi connectivity index (χ1n) is 11.7. The van der Waals surface area contributed by atoms with Gasteiger partial charge in [-0.1, -0.05) is 49.5 Å². The zero-order chi connectivity index (χ0) is 24.5. The van der Waals surface area contributed by atoms with Crippen molar-refractivity contribution in [3.63, 3.8) is 0 Å². The summed E-state index contributed by atoms with van der Waals surface area (Å²) in [5.41, 5.74) is 5.75. The number of nitrogens with zero attached hydrogens (tertiary/aromatic N) is 3. The molecule has 0 saturated heterocycles. The lowest BCUT2D eigenvalue weighted by molar-refractivity contribution is -0.113. The molecule has 1 aromatic carbocycles. The molecule has 3 aromatic heterocycles. The zero-order valence-corrected chi connectivity index (χ0v) is 22.8. The number of carbonyl (C=O) groups excluding carboxylic acids is 1. The molecule has 0 bridgehead atoms. The Morgan fingerprint density at radius 2 is 1.97 bits per heavy atom. The molecule has 1 aliphatic rings. The number of para-hydroxylation sites is 2. The van der Waals surface area contributed by atoms with E-state index in [1.165, 1.54) is 52.2 Å². The molecule has 3 heterocycles. The second-order valence-electron chi connectivity index (χ2n) is 8.98. The third kappa shape index (κ3) is 4.86. The van der Waals surface area contributed by atoms with Crippen LogP contribution in [0.25, 0.3) is 20.4 Å². The molecule has 4 aromatic rings. The predicted octanol–water partition coefficient (Wildman–Crippen LogP) is 6.39. The van der Waals surface area contributed by atoms with Gasteiger partial charge in [0, 0.05) is 11.1 Å². The lowest BCUT2D eigenvalue weighted by Crippen LogP contribution is -2.14. The van der Waals surface area contributed by atoms with Crippen LogP contribution in [0, 0.1) is 5.92 Å². The highest BCUT2D eigenvalue weighted by atomic mass is 32.2. The second-order valence-corrected chi connectivity index (χ2v) is 11.7. The lowest BCUT2D eigenvalue weighted by atomic mass is 9.99. The predicted molar refractivity (Wildman–Crippen MR) is 147 cm³/mol. The van der Waals surface area contributed by atoms with Crippen molar-refractivity contribution in [1.82, 2.24) is 15.0 Å². The Bertz CT molecular complexity index is 1420. The van der Waals surface area contributed by atoms with Crippen LogP contribution in [0.4, 0.5) is 5.69 Å². The summed E-state index contributed by atoms with van der Waals surface area (Å²) in [4.78, 5) is 28.7. The number of amides is 1. The number of hydrogen-bond acceptors (Lipinski definition) is 8. The number of pyridine rings is 1. The largest absolute Gasteiger partial charge is 0.495 e. The maximum atomic E-state index is 12.8. The van der Waals surface area contributed by atoms with Crippen LogP contribution < -0.4 is 10.1 Å². The van der Waals surface area contributed by atoms with Gasteiger partial charge in [-0.15, -0.1) is 11.3 Å². The normalized spacial score (nSPS) is 13.1. The van der Waals surface area contributed by atoms with Gasteiger partial charge in [-0.05, 0) is 61.1 Å². The monoisotopic (exact) mass is 524 g/mol. The number of aromatic nitrogens is 3. The van der Waals surface area contributed by atoms with E-state index in [4.69, 9.17) is 19.7 Å². The van der Waals surface area contributed by atoms with Crippen molar-refractivity contribution in [2.45, 2.75) is 49.7 Å². The van der Waals surface area contributed by atoms with Crippen molar-refractivity contribution in [2.75, 3.05) is 24.4 Å². The average Bonchev–Trinajstić information content (AvgIpc) is 3.47. The van der Waals surface area contributed by atoms with Gasteiger partial charge in [0.25, 0.3) is 0 Å². The quantitative estimate of drug-likeness (QED) is 0.163. The molecule has 0 unspecified atom stereocenters. The van der Waals surface area contributed by atoms with E-state index in [2.05, 4.69) is 19.2 Å². The van der Waals surface area contributed by atoms with Crippen LogP contribution in [-0.4, -0.2) is 40.0 Å². The number of ether oxygens (including phenoxy) is 1. The number of aryl methyl sites for hydroxylation is 1. The number of nitrogens with one attached hydrogen (secondary N) is 1. The topological polar surface area (TPSA) is 77.0 Å². The van der Waals surface area contributed by atoms with E-state index in [0.29, 0.717) is 17.4 Å². The maximum Gasteiger partial charge on any atom is 0.234 e. The SMILES string of the molecule is COc1ccccc1NC(=O)CSc1nc(SC)nc2c1sc1nc(CC(C)C)c3c(c12)CCC3. The van der Waals surface area contributed by atoms with E-state index in [1.807, 2.05) is 30.5 Å². The van der Waals surface area contributed by atoms with Crippen LogP contribution in [0.3, 0.4) is 0 Å². The molecule has 5 rings (SSSR count). The second kappa shape index (κ2) is 10.3. The number of thioether (sulfide) groups is 2. The molecular formula is C26H28N4O2S3. The Hall–Kier alpha value is -2.36.